The molecule has 1 fully saturated rings. The van der Waals surface area contributed by atoms with Gasteiger partial charge in [0.25, 0.3) is 0 Å². The van der Waals surface area contributed by atoms with Crippen LogP contribution in [0, 0.1) is 17.1 Å². The lowest BCUT2D eigenvalue weighted by Gasteiger charge is -2.24. The van der Waals surface area contributed by atoms with Gasteiger partial charge in [-0.15, -0.1) is 0 Å². The summed E-state index contributed by atoms with van der Waals surface area (Å²) in [5.74, 6) is 0.536. The van der Waals surface area contributed by atoms with Gasteiger partial charge in [-0.1, -0.05) is 6.07 Å². The first kappa shape index (κ1) is 20.2. The average molecular weight is 426 g/mol. The van der Waals surface area contributed by atoms with Crippen LogP contribution in [-0.2, 0) is 13.6 Å². The number of halogens is 1. The molecule has 6 nitrogen and oxygen atoms in total. The summed E-state index contributed by atoms with van der Waals surface area (Å²) in [5, 5.41) is 13.1. The molecule has 0 radical (unpaired) electrons. The summed E-state index contributed by atoms with van der Waals surface area (Å²) in [7, 11) is 2.00. The highest BCUT2D eigenvalue weighted by Crippen LogP contribution is 2.34. The number of hydrogen-bond acceptors (Lipinski definition) is 5. The fraction of sp³-hybridized carbons (Fsp3) is 0.240. The van der Waals surface area contributed by atoms with Gasteiger partial charge < -0.3 is 9.88 Å². The number of aromatic nitrogens is 3. The van der Waals surface area contributed by atoms with Gasteiger partial charge in [-0.2, -0.15) is 5.26 Å². The van der Waals surface area contributed by atoms with E-state index in [1.165, 1.54) is 6.07 Å². The fourth-order valence-corrected chi connectivity index (χ4v) is 4.53. The van der Waals surface area contributed by atoms with Gasteiger partial charge in [-0.3, -0.25) is 4.90 Å². The molecule has 4 heterocycles. The minimum atomic E-state index is -0.208. The molecule has 4 aromatic rings. The molecule has 7 heteroatoms. The molecule has 1 atom stereocenters. The molecule has 32 heavy (non-hydrogen) atoms. The Morgan fingerprint density at radius 2 is 2.12 bits per heavy atom. The summed E-state index contributed by atoms with van der Waals surface area (Å²) in [6.45, 7) is 1.74. The van der Waals surface area contributed by atoms with E-state index in [1.54, 1.807) is 18.3 Å². The largest absolute Gasteiger partial charge is 0.350 e. The molecule has 0 bridgehead atoms. The third-order valence-electron chi connectivity index (χ3n) is 6.03. The number of likely N-dealkylation sites (tertiary alicyclic amines) is 1. The maximum atomic E-state index is 13.9. The third kappa shape index (κ3) is 3.93. The van der Waals surface area contributed by atoms with E-state index in [-0.39, 0.29) is 11.9 Å². The maximum Gasteiger partial charge on any atom is 0.140 e. The zero-order chi connectivity index (χ0) is 22.1. The fourth-order valence-electron chi connectivity index (χ4n) is 4.53. The van der Waals surface area contributed by atoms with Gasteiger partial charge in [0, 0.05) is 30.7 Å². The van der Waals surface area contributed by atoms with Gasteiger partial charge in [-0.25, -0.2) is 14.4 Å². The van der Waals surface area contributed by atoms with Crippen LogP contribution < -0.4 is 5.32 Å². The minimum Gasteiger partial charge on any atom is -0.350 e. The molecule has 1 aliphatic heterocycles. The van der Waals surface area contributed by atoms with E-state index in [2.05, 4.69) is 32.0 Å². The van der Waals surface area contributed by atoms with E-state index in [0.717, 1.165) is 59.6 Å². The van der Waals surface area contributed by atoms with Crippen molar-refractivity contribution in [3.8, 4) is 6.07 Å². The minimum absolute atomic E-state index is 0.208. The highest BCUT2D eigenvalue weighted by Gasteiger charge is 2.28. The normalized spacial score (nSPS) is 16.3. The van der Waals surface area contributed by atoms with Crippen LogP contribution in [0.3, 0.4) is 0 Å². The second-order valence-corrected chi connectivity index (χ2v) is 8.17. The van der Waals surface area contributed by atoms with Crippen molar-refractivity contribution in [1.82, 2.24) is 19.4 Å². The number of nitrogens with one attached hydrogen (secondary N) is 1. The van der Waals surface area contributed by atoms with Crippen molar-refractivity contribution < 1.29 is 4.39 Å². The molecule has 1 N–H and O–H groups in total. The zero-order valence-corrected chi connectivity index (χ0v) is 17.8. The molecule has 160 valence electrons. The number of fused-ring (bicyclic) bond motifs is 1. The van der Waals surface area contributed by atoms with Crippen LogP contribution in [-0.4, -0.2) is 26.0 Å². The molecule has 0 spiro atoms. The SMILES string of the molecule is Cn1cc(CN2CCCC2c2cccc(Nc3ccc(C#N)nc3)n2)c2cc(F)ccc21. The van der Waals surface area contributed by atoms with Crippen molar-refractivity contribution in [3.05, 3.63) is 83.7 Å². The predicted molar refractivity (Wildman–Crippen MR) is 122 cm³/mol. The van der Waals surface area contributed by atoms with Crippen LogP contribution in [0.5, 0.6) is 0 Å². The second kappa shape index (κ2) is 8.40. The topological polar surface area (TPSA) is 69.8 Å². The highest BCUT2D eigenvalue weighted by atomic mass is 19.1. The number of nitrogens with zero attached hydrogens (tertiary/aromatic N) is 5. The van der Waals surface area contributed by atoms with Crippen molar-refractivity contribution in [3.63, 3.8) is 0 Å². The molecule has 0 aliphatic carbocycles. The van der Waals surface area contributed by atoms with E-state index in [4.69, 9.17) is 10.2 Å². The van der Waals surface area contributed by atoms with Crippen LogP contribution in [0.2, 0.25) is 0 Å². The number of rotatable bonds is 5. The van der Waals surface area contributed by atoms with Crippen LogP contribution >= 0.6 is 0 Å². The standard InChI is InChI=1S/C25H23FN6/c1-31-15-17(21-12-18(26)7-10-23(21)31)16-32-11-3-5-24(32)22-4-2-6-25(30-22)29-20-9-8-19(13-27)28-14-20/h2,4,6-10,12,14-15,24H,3,5,11,16H2,1H3,(H,29,30). The van der Waals surface area contributed by atoms with Crippen molar-refractivity contribution in [1.29, 1.82) is 5.26 Å². The lowest BCUT2D eigenvalue weighted by molar-refractivity contribution is 0.245. The molecular formula is C25H23FN6. The smallest absolute Gasteiger partial charge is 0.140 e. The molecule has 5 rings (SSSR count). The first-order chi connectivity index (χ1) is 15.6. The number of pyridine rings is 2. The first-order valence-electron chi connectivity index (χ1n) is 10.7. The van der Waals surface area contributed by atoms with Crippen molar-refractivity contribution in [2.75, 3.05) is 11.9 Å². The molecule has 1 saturated heterocycles. The maximum absolute atomic E-state index is 13.9. The Bertz CT molecular complexity index is 1300. The van der Waals surface area contributed by atoms with Gasteiger partial charge in [0.15, 0.2) is 0 Å². The average Bonchev–Trinajstić information content (AvgIpc) is 3.39. The van der Waals surface area contributed by atoms with Crippen LogP contribution in [0.15, 0.2) is 60.9 Å². The van der Waals surface area contributed by atoms with Crippen LogP contribution in [0.1, 0.15) is 35.8 Å². The van der Waals surface area contributed by atoms with Gasteiger partial charge in [-0.05, 0) is 67.4 Å². The van der Waals surface area contributed by atoms with Gasteiger partial charge in [0.1, 0.15) is 23.4 Å². The predicted octanol–water partition coefficient (Wildman–Crippen LogP) is 5.06. The molecule has 0 saturated carbocycles. The quantitative estimate of drug-likeness (QED) is 0.483. The van der Waals surface area contributed by atoms with E-state index in [0.29, 0.717) is 5.69 Å². The summed E-state index contributed by atoms with van der Waals surface area (Å²) in [6, 6.07) is 16.7. The lowest BCUT2D eigenvalue weighted by Crippen LogP contribution is -2.23. The van der Waals surface area contributed by atoms with Crippen molar-refractivity contribution >= 4 is 22.4 Å². The summed E-state index contributed by atoms with van der Waals surface area (Å²) < 4.78 is 15.9. The Balaban J connectivity index is 1.37. The summed E-state index contributed by atoms with van der Waals surface area (Å²) in [4.78, 5) is 11.4. The number of anilines is 2. The van der Waals surface area contributed by atoms with Crippen LogP contribution in [0.25, 0.3) is 10.9 Å². The Labute approximate surface area is 186 Å². The summed E-state index contributed by atoms with van der Waals surface area (Å²) in [6.07, 6.45) is 5.87. The Hall–Kier alpha value is -3.76. The van der Waals surface area contributed by atoms with E-state index in [1.807, 2.05) is 37.4 Å². The van der Waals surface area contributed by atoms with Crippen molar-refractivity contribution in [2.45, 2.75) is 25.4 Å². The molecule has 0 amide bonds. The molecule has 3 aromatic heterocycles. The van der Waals surface area contributed by atoms with Gasteiger partial charge in [0.05, 0.1) is 23.6 Å². The first-order valence-corrected chi connectivity index (χ1v) is 10.7. The van der Waals surface area contributed by atoms with E-state index in [9.17, 15) is 4.39 Å². The molecule has 1 unspecified atom stereocenters. The van der Waals surface area contributed by atoms with Crippen LogP contribution in [0.4, 0.5) is 15.9 Å². The van der Waals surface area contributed by atoms with E-state index < -0.39 is 0 Å². The number of aryl methyl sites for hydroxylation is 1. The molecule has 1 aliphatic rings. The summed E-state index contributed by atoms with van der Waals surface area (Å²) >= 11 is 0. The zero-order valence-electron chi connectivity index (χ0n) is 17.8. The summed E-state index contributed by atoms with van der Waals surface area (Å²) in [5.41, 5.74) is 4.35. The number of benzene rings is 1. The third-order valence-corrected chi connectivity index (χ3v) is 6.03. The molecular weight excluding hydrogens is 403 g/mol. The Morgan fingerprint density at radius 1 is 1.22 bits per heavy atom. The van der Waals surface area contributed by atoms with Crippen molar-refractivity contribution in [2.24, 2.45) is 7.05 Å². The van der Waals surface area contributed by atoms with Gasteiger partial charge >= 0.3 is 0 Å². The Kier molecular flexibility index (Phi) is 5.29. The van der Waals surface area contributed by atoms with Gasteiger partial charge in [0.2, 0.25) is 0 Å². The number of hydrogen-bond donors (Lipinski definition) is 1. The second-order valence-electron chi connectivity index (χ2n) is 8.17. The highest BCUT2D eigenvalue weighted by molar-refractivity contribution is 5.84. The Morgan fingerprint density at radius 3 is 2.94 bits per heavy atom. The number of nitriles is 1. The van der Waals surface area contributed by atoms with E-state index >= 15 is 0 Å². The monoisotopic (exact) mass is 426 g/mol. The molecule has 1 aromatic carbocycles. The lowest BCUT2D eigenvalue weighted by atomic mass is 10.1.